The fraction of sp³-hybridized carbons (Fsp3) is 0. The molecule has 0 aliphatic heterocycles. The highest BCUT2D eigenvalue weighted by molar-refractivity contribution is 7.98. The second-order valence-electron chi connectivity index (χ2n) is 3.13. The standard InChI is InChI=1S/C10H9O4PS/c11-15(12,13)14-16-10-7-3-5-8-4-1-2-6-9(8)10/h1-7H,(H2,11,12,13). The zero-order valence-electron chi connectivity index (χ0n) is 8.11. The summed E-state index contributed by atoms with van der Waals surface area (Å²) in [7, 11) is -4.45. The molecule has 0 unspecified atom stereocenters. The molecule has 0 radical (unpaired) electrons. The quantitative estimate of drug-likeness (QED) is 0.652. The lowest BCUT2D eigenvalue weighted by molar-refractivity contribution is 0.298. The first-order chi connectivity index (χ1) is 7.56. The van der Waals surface area contributed by atoms with Crippen LogP contribution >= 0.6 is 19.9 Å². The highest BCUT2D eigenvalue weighted by Crippen LogP contribution is 2.44. The number of rotatable bonds is 3. The lowest BCUT2D eigenvalue weighted by atomic mass is 10.1. The summed E-state index contributed by atoms with van der Waals surface area (Å²) in [5.41, 5.74) is 0. The topological polar surface area (TPSA) is 66.8 Å². The van der Waals surface area contributed by atoms with Crippen LogP contribution in [0.1, 0.15) is 0 Å². The van der Waals surface area contributed by atoms with Crippen molar-refractivity contribution in [3.8, 4) is 0 Å². The molecule has 2 rings (SSSR count). The highest BCUT2D eigenvalue weighted by Gasteiger charge is 2.15. The van der Waals surface area contributed by atoms with Crippen molar-refractivity contribution in [2.75, 3.05) is 0 Å². The van der Waals surface area contributed by atoms with E-state index in [4.69, 9.17) is 9.79 Å². The Morgan fingerprint density at radius 3 is 2.50 bits per heavy atom. The predicted molar refractivity (Wildman–Crippen MR) is 62.9 cm³/mol. The summed E-state index contributed by atoms with van der Waals surface area (Å²) in [6, 6.07) is 13.1. The molecule has 0 amide bonds. The average Bonchev–Trinajstić information content (AvgIpc) is 2.25. The maximum Gasteiger partial charge on any atom is 0.481 e. The molecule has 0 bridgehead atoms. The molecule has 0 aromatic heterocycles. The van der Waals surface area contributed by atoms with Crippen molar-refractivity contribution in [2.45, 2.75) is 4.90 Å². The van der Waals surface area contributed by atoms with Crippen LogP contribution in [-0.2, 0) is 8.54 Å². The van der Waals surface area contributed by atoms with Crippen molar-refractivity contribution in [3.63, 3.8) is 0 Å². The summed E-state index contributed by atoms with van der Waals surface area (Å²) in [6.07, 6.45) is 0. The maximum atomic E-state index is 10.6. The first kappa shape index (κ1) is 11.6. The third-order valence-electron chi connectivity index (χ3n) is 1.97. The van der Waals surface area contributed by atoms with E-state index < -0.39 is 7.82 Å². The fourth-order valence-corrected chi connectivity index (χ4v) is 2.48. The van der Waals surface area contributed by atoms with Crippen molar-refractivity contribution in [2.24, 2.45) is 0 Å². The van der Waals surface area contributed by atoms with Gasteiger partial charge in [0.2, 0.25) is 0 Å². The van der Waals surface area contributed by atoms with E-state index in [-0.39, 0.29) is 0 Å². The highest BCUT2D eigenvalue weighted by atomic mass is 32.2. The Kier molecular flexibility index (Phi) is 3.33. The van der Waals surface area contributed by atoms with Crippen LogP contribution in [0.15, 0.2) is 47.4 Å². The number of fused-ring (bicyclic) bond motifs is 1. The van der Waals surface area contributed by atoms with Gasteiger partial charge in [-0.25, -0.2) is 8.54 Å². The van der Waals surface area contributed by atoms with Crippen LogP contribution in [0.4, 0.5) is 0 Å². The molecule has 16 heavy (non-hydrogen) atoms. The van der Waals surface area contributed by atoms with Gasteiger partial charge in [0.15, 0.2) is 0 Å². The number of benzene rings is 2. The Morgan fingerprint density at radius 1 is 1.06 bits per heavy atom. The molecule has 6 heteroatoms. The maximum absolute atomic E-state index is 10.6. The Hall–Kier alpha value is -0.840. The molecule has 0 atom stereocenters. The molecule has 4 nitrogen and oxygen atoms in total. The van der Waals surface area contributed by atoms with Crippen LogP contribution in [0.3, 0.4) is 0 Å². The van der Waals surface area contributed by atoms with Gasteiger partial charge < -0.3 is 9.79 Å². The Balaban J connectivity index is 2.34. The summed E-state index contributed by atoms with van der Waals surface area (Å²) in [5, 5.41) is 1.91. The normalized spacial score (nSPS) is 11.9. The molecule has 0 heterocycles. The number of hydrogen-bond donors (Lipinski definition) is 2. The Bertz CT molecular complexity index is 546. The van der Waals surface area contributed by atoms with Gasteiger partial charge >= 0.3 is 7.82 Å². The van der Waals surface area contributed by atoms with Crippen LogP contribution in [0.25, 0.3) is 10.8 Å². The summed E-state index contributed by atoms with van der Waals surface area (Å²) >= 11 is 0.694. The van der Waals surface area contributed by atoms with Gasteiger partial charge in [-0.3, -0.25) is 0 Å². The van der Waals surface area contributed by atoms with E-state index in [1.807, 2.05) is 36.4 Å². The van der Waals surface area contributed by atoms with Gasteiger partial charge in [0, 0.05) is 16.9 Å². The molecule has 84 valence electrons. The smallest absolute Gasteiger partial charge is 0.302 e. The predicted octanol–water partition coefficient (Wildman–Crippen LogP) is 2.96. The van der Waals surface area contributed by atoms with E-state index in [9.17, 15) is 4.57 Å². The first-order valence-electron chi connectivity index (χ1n) is 4.46. The third kappa shape index (κ3) is 2.84. The first-order valence-corrected chi connectivity index (χ1v) is 6.73. The van der Waals surface area contributed by atoms with E-state index in [0.29, 0.717) is 16.9 Å². The molecule has 0 aliphatic carbocycles. The van der Waals surface area contributed by atoms with Gasteiger partial charge in [0.05, 0.1) is 0 Å². The summed E-state index contributed by atoms with van der Waals surface area (Å²) in [5.74, 6) is 0. The van der Waals surface area contributed by atoms with Gasteiger partial charge in [-0.2, -0.15) is 0 Å². The molecule has 2 aromatic rings. The summed E-state index contributed by atoms with van der Waals surface area (Å²) in [4.78, 5) is 17.9. The lowest BCUT2D eigenvalue weighted by Crippen LogP contribution is -1.81. The van der Waals surface area contributed by atoms with Gasteiger partial charge in [-0.1, -0.05) is 36.4 Å². The molecule has 0 aliphatic rings. The van der Waals surface area contributed by atoms with Crippen molar-refractivity contribution in [3.05, 3.63) is 42.5 Å². The van der Waals surface area contributed by atoms with Crippen LogP contribution < -0.4 is 0 Å². The van der Waals surface area contributed by atoms with E-state index in [0.717, 1.165) is 10.8 Å². The second kappa shape index (κ2) is 4.57. The van der Waals surface area contributed by atoms with E-state index in [1.54, 1.807) is 6.07 Å². The summed E-state index contributed by atoms with van der Waals surface area (Å²) < 4.78 is 15.0. The van der Waals surface area contributed by atoms with Gasteiger partial charge in [0.25, 0.3) is 0 Å². The van der Waals surface area contributed by atoms with Gasteiger partial charge in [-0.15, -0.1) is 0 Å². The van der Waals surface area contributed by atoms with Crippen molar-refractivity contribution < 1.29 is 18.3 Å². The monoisotopic (exact) mass is 256 g/mol. The Morgan fingerprint density at radius 2 is 1.75 bits per heavy atom. The van der Waals surface area contributed by atoms with Gasteiger partial charge in [0.1, 0.15) is 0 Å². The van der Waals surface area contributed by atoms with E-state index >= 15 is 0 Å². The van der Waals surface area contributed by atoms with Crippen LogP contribution in [0, 0.1) is 0 Å². The molecule has 0 saturated carbocycles. The zero-order valence-corrected chi connectivity index (χ0v) is 9.82. The molecule has 0 saturated heterocycles. The third-order valence-corrected chi connectivity index (χ3v) is 3.58. The minimum Gasteiger partial charge on any atom is -0.302 e. The zero-order chi connectivity index (χ0) is 11.6. The molecular weight excluding hydrogens is 247 g/mol. The van der Waals surface area contributed by atoms with Crippen molar-refractivity contribution in [1.82, 2.24) is 0 Å². The lowest BCUT2D eigenvalue weighted by Gasteiger charge is -2.06. The number of hydrogen-bond acceptors (Lipinski definition) is 3. The van der Waals surface area contributed by atoms with Crippen LogP contribution in [-0.4, -0.2) is 9.79 Å². The number of phosphoric acid groups is 1. The molecule has 2 aromatic carbocycles. The molecule has 0 spiro atoms. The van der Waals surface area contributed by atoms with Crippen LogP contribution in [0.2, 0.25) is 0 Å². The molecule has 2 N–H and O–H groups in total. The minimum atomic E-state index is -4.45. The fourth-order valence-electron chi connectivity index (χ4n) is 1.36. The van der Waals surface area contributed by atoms with E-state index in [2.05, 4.69) is 3.97 Å². The minimum absolute atomic E-state index is 0.682. The van der Waals surface area contributed by atoms with E-state index in [1.165, 1.54) is 0 Å². The summed E-state index contributed by atoms with van der Waals surface area (Å²) in [6.45, 7) is 0. The molecule has 0 fully saturated rings. The van der Waals surface area contributed by atoms with Crippen LogP contribution in [0.5, 0.6) is 0 Å². The molecular formula is C10H9O4PS. The van der Waals surface area contributed by atoms with Crippen molar-refractivity contribution in [1.29, 1.82) is 0 Å². The van der Waals surface area contributed by atoms with Gasteiger partial charge in [-0.05, 0) is 16.8 Å². The Labute approximate surface area is 96.7 Å². The average molecular weight is 256 g/mol. The SMILES string of the molecule is O=P(O)(O)OSc1cccc2ccccc12. The largest absolute Gasteiger partial charge is 0.481 e. The second-order valence-corrected chi connectivity index (χ2v) is 5.31. The van der Waals surface area contributed by atoms with Crippen molar-refractivity contribution >= 4 is 30.6 Å².